The third kappa shape index (κ3) is 3.92. The van der Waals surface area contributed by atoms with Crippen molar-refractivity contribution < 1.29 is 17.6 Å². The lowest BCUT2D eigenvalue weighted by molar-refractivity contribution is 0.0664. The van der Waals surface area contributed by atoms with Crippen LogP contribution in [-0.4, -0.2) is 57.4 Å². The molecule has 2 aromatic rings. The number of hydrogen-bond donors (Lipinski definition) is 1. The average molecular weight is 377 g/mol. The van der Waals surface area contributed by atoms with Crippen LogP contribution in [0.4, 0.5) is 4.39 Å². The molecule has 0 unspecified atom stereocenters. The lowest BCUT2D eigenvalue weighted by atomic mass is 10.0. The number of rotatable bonds is 3. The number of likely N-dealkylation sites (N-methyl/N-ethyl adjacent to an activating group) is 1. The van der Waals surface area contributed by atoms with Crippen LogP contribution >= 0.6 is 0 Å². The highest BCUT2D eigenvalue weighted by Gasteiger charge is 2.20. The summed E-state index contributed by atoms with van der Waals surface area (Å²) in [6, 6.07) is 10.1. The van der Waals surface area contributed by atoms with Gasteiger partial charge in [-0.1, -0.05) is 18.2 Å². The van der Waals surface area contributed by atoms with Crippen LogP contribution in [0.25, 0.3) is 11.1 Å². The second-order valence-corrected chi connectivity index (χ2v) is 7.92. The molecule has 138 valence electrons. The Kier molecular flexibility index (Phi) is 5.08. The Balaban J connectivity index is 1.80. The van der Waals surface area contributed by atoms with Gasteiger partial charge in [-0.15, -0.1) is 0 Å². The molecule has 0 saturated carbocycles. The highest BCUT2D eigenvalue weighted by atomic mass is 32.2. The van der Waals surface area contributed by atoms with Crippen molar-refractivity contribution >= 4 is 15.9 Å². The minimum absolute atomic E-state index is 0.0466. The van der Waals surface area contributed by atoms with Gasteiger partial charge in [-0.25, -0.2) is 17.9 Å². The molecule has 2 N–H and O–H groups in total. The molecule has 2 aromatic carbocycles. The summed E-state index contributed by atoms with van der Waals surface area (Å²) >= 11 is 0. The topological polar surface area (TPSA) is 83.7 Å². The summed E-state index contributed by atoms with van der Waals surface area (Å²) in [7, 11) is -1.93. The molecule has 3 rings (SSSR count). The molecule has 0 atom stereocenters. The van der Waals surface area contributed by atoms with Crippen LogP contribution < -0.4 is 5.14 Å². The lowest BCUT2D eigenvalue weighted by Crippen LogP contribution is -2.47. The van der Waals surface area contributed by atoms with Crippen LogP contribution in [0.2, 0.25) is 0 Å². The summed E-state index contributed by atoms with van der Waals surface area (Å²) in [5, 5.41) is 5.01. The Labute approximate surface area is 152 Å². The normalized spacial score (nSPS) is 15.9. The van der Waals surface area contributed by atoms with Gasteiger partial charge in [0.25, 0.3) is 5.91 Å². The SMILES string of the molecule is CN1CCN(C(=O)c2ccc(-c3ccc(S(N)(=O)=O)cc3F)cc2)CC1. The third-order valence-electron chi connectivity index (χ3n) is 4.50. The van der Waals surface area contributed by atoms with Gasteiger partial charge in [-0.3, -0.25) is 4.79 Å². The van der Waals surface area contributed by atoms with E-state index < -0.39 is 15.8 Å². The first-order chi connectivity index (χ1) is 12.3. The number of sulfonamides is 1. The molecule has 1 aliphatic rings. The number of nitrogens with two attached hydrogens (primary N) is 1. The molecule has 1 saturated heterocycles. The molecule has 1 heterocycles. The molecule has 26 heavy (non-hydrogen) atoms. The summed E-state index contributed by atoms with van der Waals surface area (Å²) < 4.78 is 36.8. The number of halogens is 1. The maximum absolute atomic E-state index is 14.3. The van der Waals surface area contributed by atoms with E-state index in [4.69, 9.17) is 5.14 Å². The number of carbonyl (C=O) groups excluding carboxylic acids is 1. The van der Waals surface area contributed by atoms with Gasteiger partial charge in [0.05, 0.1) is 4.90 Å². The van der Waals surface area contributed by atoms with E-state index in [1.54, 1.807) is 29.2 Å². The molecule has 0 aliphatic carbocycles. The van der Waals surface area contributed by atoms with E-state index in [0.29, 0.717) is 24.2 Å². The van der Waals surface area contributed by atoms with Crippen molar-refractivity contribution in [1.82, 2.24) is 9.80 Å². The highest BCUT2D eigenvalue weighted by molar-refractivity contribution is 7.89. The van der Waals surface area contributed by atoms with Crippen molar-refractivity contribution in [3.8, 4) is 11.1 Å². The van der Waals surface area contributed by atoms with Gasteiger partial charge in [0.2, 0.25) is 10.0 Å². The van der Waals surface area contributed by atoms with Gasteiger partial charge in [0.15, 0.2) is 0 Å². The van der Waals surface area contributed by atoms with Crippen LogP contribution in [0.5, 0.6) is 0 Å². The molecular formula is C18H20FN3O3S. The van der Waals surface area contributed by atoms with Gasteiger partial charge in [-0.05, 0) is 36.9 Å². The summed E-state index contributed by atoms with van der Waals surface area (Å²) in [5.41, 5.74) is 1.34. The van der Waals surface area contributed by atoms with E-state index in [2.05, 4.69) is 4.90 Å². The van der Waals surface area contributed by atoms with Gasteiger partial charge in [-0.2, -0.15) is 0 Å². The predicted molar refractivity (Wildman–Crippen MR) is 96.6 cm³/mol. The quantitative estimate of drug-likeness (QED) is 0.879. The zero-order valence-corrected chi connectivity index (χ0v) is 15.2. The largest absolute Gasteiger partial charge is 0.336 e. The summed E-state index contributed by atoms with van der Waals surface area (Å²) in [6.07, 6.45) is 0. The van der Waals surface area contributed by atoms with Gasteiger partial charge in [0.1, 0.15) is 5.82 Å². The lowest BCUT2D eigenvalue weighted by Gasteiger charge is -2.32. The molecule has 8 heteroatoms. The summed E-state index contributed by atoms with van der Waals surface area (Å²) in [5.74, 6) is -0.732. The first-order valence-electron chi connectivity index (χ1n) is 8.16. The fourth-order valence-electron chi connectivity index (χ4n) is 2.89. The number of primary sulfonamides is 1. The highest BCUT2D eigenvalue weighted by Crippen LogP contribution is 2.25. The zero-order valence-electron chi connectivity index (χ0n) is 14.4. The minimum Gasteiger partial charge on any atom is -0.336 e. The van der Waals surface area contributed by atoms with E-state index in [-0.39, 0.29) is 16.4 Å². The number of benzene rings is 2. The smallest absolute Gasteiger partial charge is 0.253 e. The van der Waals surface area contributed by atoms with Crippen molar-refractivity contribution in [3.05, 3.63) is 53.8 Å². The molecule has 1 fully saturated rings. The van der Waals surface area contributed by atoms with Crippen molar-refractivity contribution in [2.24, 2.45) is 5.14 Å². The molecule has 0 aromatic heterocycles. The average Bonchev–Trinajstić information content (AvgIpc) is 2.61. The van der Waals surface area contributed by atoms with E-state index in [1.807, 2.05) is 7.05 Å². The van der Waals surface area contributed by atoms with Crippen LogP contribution in [-0.2, 0) is 10.0 Å². The standard InChI is InChI=1S/C18H20FN3O3S/c1-21-8-10-22(11-9-21)18(23)14-4-2-13(3-5-14)16-7-6-15(12-17(16)19)26(20,24)25/h2-7,12H,8-11H2,1H3,(H2,20,24,25). The van der Waals surface area contributed by atoms with Crippen molar-refractivity contribution in [2.45, 2.75) is 4.90 Å². The molecule has 0 spiro atoms. The van der Waals surface area contributed by atoms with Gasteiger partial charge < -0.3 is 9.80 Å². The van der Waals surface area contributed by atoms with E-state index in [9.17, 15) is 17.6 Å². The van der Waals surface area contributed by atoms with Crippen molar-refractivity contribution in [1.29, 1.82) is 0 Å². The first kappa shape index (κ1) is 18.5. The van der Waals surface area contributed by atoms with Crippen LogP contribution in [0, 0.1) is 5.82 Å². The fraction of sp³-hybridized carbons (Fsp3) is 0.278. The van der Waals surface area contributed by atoms with Gasteiger partial charge >= 0.3 is 0 Å². The van der Waals surface area contributed by atoms with Crippen molar-refractivity contribution in [2.75, 3.05) is 33.2 Å². The number of piperazine rings is 1. The summed E-state index contributed by atoms with van der Waals surface area (Å²) in [6.45, 7) is 3.04. The maximum atomic E-state index is 14.3. The Bertz CT molecular complexity index is 921. The summed E-state index contributed by atoms with van der Waals surface area (Å²) in [4.78, 5) is 16.2. The third-order valence-corrected chi connectivity index (χ3v) is 5.41. The second-order valence-electron chi connectivity index (χ2n) is 6.36. The molecule has 6 nitrogen and oxygen atoms in total. The van der Waals surface area contributed by atoms with E-state index in [0.717, 1.165) is 19.2 Å². The Morgan fingerprint density at radius 2 is 1.65 bits per heavy atom. The number of hydrogen-bond acceptors (Lipinski definition) is 4. The zero-order chi connectivity index (χ0) is 18.9. The molecule has 0 radical (unpaired) electrons. The Hall–Kier alpha value is -2.29. The predicted octanol–water partition coefficient (Wildman–Crippen LogP) is 1.53. The number of amides is 1. The maximum Gasteiger partial charge on any atom is 0.253 e. The van der Waals surface area contributed by atoms with E-state index in [1.165, 1.54) is 12.1 Å². The number of nitrogens with zero attached hydrogens (tertiary/aromatic N) is 2. The molecule has 1 aliphatic heterocycles. The van der Waals surface area contributed by atoms with E-state index >= 15 is 0 Å². The van der Waals surface area contributed by atoms with Crippen LogP contribution in [0.3, 0.4) is 0 Å². The minimum atomic E-state index is -3.95. The molecule has 1 amide bonds. The van der Waals surface area contributed by atoms with Crippen LogP contribution in [0.1, 0.15) is 10.4 Å². The second kappa shape index (κ2) is 7.14. The Morgan fingerprint density at radius 3 is 2.19 bits per heavy atom. The van der Waals surface area contributed by atoms with Gasteiger partial charge in [0, 0.05) is 37.3 Å². The van der Waals surface area contributed by atoms with Crippen molar-refractivity contribution in [3.63, 3.8) is 0 Å². The molecular weight excluding hydrogens is 357 g/mol. The fourth-order valence-corrected chi connectivity index (χ4v) is 3.42. The monoisotopic (exact) mass is 377 g/mol. The van der Waals surface area contributed by atoms with Crippen LogP contribution in [0.15, 0.2) is 47.4 Å². The molecule has 0 bridgehead atoms. The first-order valence-corrected chi connectivity index (χ1v) is 9.71. The number of carbonyl (C=O) groups is 1. The Morgan fingerprint density at radius 1 is 1.04 bits per heavy atom.